The minimum absolute atomic E-state index is 0.0592. The number of aryl methyl sites for hydroxylation is 3. The van der Waals surface area contributed by atoms with Gasteiger partial charge in [0.15, 0.2) is 5.78 Å². The topological polar surface area (TPSA) is 65.1 Å². The molecule has 1 aromatic heterocycles. The van der Waals surface area contributed by atoms with Crippen molar-refractivity contribution in [3.63, 3.8) is 0 Å². The van der Waals surface area contributed by atoms with Crippen LogP contribution in [0.5, 0.6) is 0 Å². The summed E-state index contributed by atoms with van der Waals surface area (Å²) in [6.07, 6.45) is 3.51. The molecule has 0 unspecified atom stereocenters. The number of Topliss-reactive ketones (excluding diaryl/α,β-unsaturated/α-hetero) is 1. The number of ketones is 1. The van der Waals surface area contributed by atoms with Gasteiger partial charge < -0.3 is 5.73 Å². The predicted molar refractivity (Wildman–Crippen MR) is 110 cm³/mol. The first kappa shape index (κ1) is 19.1. The van der Waals surface area contributed by atoms with Crippen LogP contribution < -0.4 is 11.3 Å². The van der Waals surface area contributed by atoms with Crippen molar-refractivity contribution in [2.75, 3.05) is 0 Å². The van der Waals surface area contributed by atoms with Crippen LogP contribution in [-0.4, -0.2) is 10.4 Å². The van der Waals surface area contributed by atoms with E-state index < -0.39 is 0 Å². The highest BCUT2D eigenvalue weighted by molar-refractivity contribution is 6.00. The lowest BCUT2D eigenvalue weighted by Gasteiger charge is -2.16. The van der Waals surface area contributed by atoms with Gasteiger partial charge in [0.05, 0.1) is 17.7 Å². The fourth-order valence-corrected chi connectivity index (χ4v) is 3.69. The Morgan fingerprint density at radius 1 is 1.00 bits per heavy atom. The van der Waals surface area contributed by atoms with E-state index in [9.17, 15) is 9.59 Å². The maximum Gasteiger partial charge on any atom is 0.263 e. The second-order valence-corrected chi connectivity index (χ2v) is 6.87. The number of hydrogen-bond acceptors (Lipinski definition) is 3. The molecule has 3 rings (SSSR count). The minimum atomic E-state index is -0.286. The average molecular weight is 362 g/mol. The van der Waals surface area contributed by atoms with Crippen molar-refractivity contribution in [1.29, 1.82) is 0 Å². The van der Waals surface area contributed by atoms with Crippen LogP contribution in [0.1, 0.15) is 47.3 Å². The molecule has 0 saturated heterocycles. The molecule has 0 aliphatic heterocycles. The zero-order chi connectivity index (χ0) is 19.4. The summed E-state index contributed by atoms with van der Waals surface area (Å²) in [5, 5.41) is 0.939. The first-order chi connectivity index (χ1) is 13.1. The van der Waals surface area contributed by atoms with Gasteiger partial charge in [0.25, 0.3) is 5.56 Å². The Labute approximate surface area is 159 Å². The summed E-state index contributed by atoms with van der Waals surface area (Å²) >= 11 is 0. The highest BCUT2D eigenvalue weighted by Gasteiger charge is 2.18. The maximum absolute atomic E-state index is 12.8. The first-order valence-electron chi connectivity index (χ1n) is 9.50. The SMILES string of the molecule is CCc1ccc(CCCc2c(C(C)=O)c(=O)n(CN)c3ccccc23)cc1. The van der Waals surface area contributed by atoms with Gasteiger partial charge in [-0.1, -0.05) is 49.4 Å². The first-order valence-corrected chi connectivity index (χ1v) is 9.50. The van der Waals surface area contributed by atoms with Crippen molar-refractivity contribution < 1.29 is 4.79 Å². The van der Waals surface area contributed by atoms with Gasteiger partial charge >= 0.3 is 0 Å². The summed E-state index contributed by atoms with van der Waals surface area (Å²) in [5.41, 5.74) is 10.0. The Hall–Kier alpha value is -2.72. The van der Waals surface area contributed by atoms with E-state index in [0.29, 0.717) is 6.42 Å². The molecule has 0 bridgehead atoms. The molecule has 4 heteroatoms. The summed E-state index contributed by atoms with van der Waals surface area (Å²) in [4.78, 5) is 25.1. The van der Waals surface area contributed by atoms with Crippen molar-refractivity contribution in [1.82, 2.24) is 4.57 Å². The summed E-state index contributed by atoms with van der Waals surface area (Å²) < 4.78 is 1.49. The molecule has 0 amide bonds. The molecule has 4 nitrogen and oxygen atoms in total. The van der Waals surface area contributed by atoms with Crippen molar-refractivity contribution in [2.24, 2.45) is 5.73 Å². The molecule has 0 saturated carbocycles. The van der Waals surface area contributed by atoms with Gasteiger partial charge in [0, 0.05) is 5.39 Å². The van der Waals surface area contributed by atoms with Crippen LogP contribution in [0.2, 0.25) is 0 Å². The molecule has 0 atom stereocenters. The highest BCUT2D eigenvalue weighted by Crippen LogP contribution is 2.23. The number of rotatable bonds is 7. The second kappa shape index (κ2) is 8.31. The van der Waals surface area contributed by atoms with Crippen LogP contribution in [0.3, 0.4) is 0 Å². The Bertz CT molecular complexity index is 1020. The lowest BCUT2D eigenvalue weighted by molar-refractivity contribution is 0.101. The Kier molecular flexibility index (Phi) is 5.87. The molecule has 140 valence electrons. The molecule has 0 spiro atoms. The third-order valence-corrected chi connectivity index (χ3v) is 5.14. The molecule has 3 aromatic rings. The van der Waals surface area contributed by atoms with Crippen LogP contribution in [-0.2, 0) is 25.9 Å². The Morgan fingerprint density at radius 3 is 2.30 bits per heavy atom. The van der Waals surface area contributed by atoms with Gasteiger partial charge in [0.1, 0.15) is 0 Å². The largest absolute Gasteiger partial charge is 0.313 e. The predicted octanol–water partition coefficient (Wildman–Crippen LogP) is 3.86. The van der Waals surface area contributed by atoms with E-state index in [-0.39, 0.29) is 23.6 Å². The standard InChI is InChI=1S/C23H26N2O2/c1-3-17-11-13-18(14-12-17)7-6-9-20-19-8-4-5-10-21(19)25(15-24)23(27)22(20)16(2)26/h4-5,8,10-14H,3,6-7,9,15,24H2,1-2H3. The molecule has 2 N–H and O–H groups in total. The number of nitrogens with zero attached hydrogens (tertiary/aromatic N) is 1. The molecular weight excluding hydrogens is 336 g/mol. The zero-order valence-electron chi connectivity index (χ0n) is 16.0. The molecule has 1 heterocycles. The number of benzene rings is 2. The maximum atomic E-state index is 12.8. The number of nitrogens with two attached hydrogens (primary N) is 1. The monoisotopic (exact) mass is 362 g/mol. The van der Waals surface area contributed by atoms with E-state index >= 15 is 0 Å². The van der Waals surface area contributed by atoms with E-state index in [1.807, 2.05) is 24.3 Å². The van der Waals surface area contributed by atoms with Crippen molar-refractivity contribution in [3.05, 3.63) is 81.1 Å². The van der Waals surface area contributed by atoms with E-state index in [1.54, 1.807) is 0 Å². The van der Waals surface area contributed by atoms with Gasteiger partial charge in [-0.3, -0.25) is 14.2 Å². The van der Waals surface area contributed by atoms with Gasteiger partial charge in [-0.2, -0.15) is 0 Å². The number of aromatic nitrogens is 1. The number of pyridine rings is 1. The number of carbonyl (C=O) groups excluding carboxylic acids is 1. The van der Waals surface area contributed by atoms with E-state index in [2.05, 4.69) is 31.2 Å². The summed E-state index contributed by atoms with van der Waals surface area (Å²) in [7, 11) is 0. The van der Waals surface area contributed by atoms with Crippen LogP contribution in [0.15, 0.2) is 53.3 Å². The lowest BCUT2D eigenvalue weighted by atomic mass is 9.94. The van der Waals surface area contributed by atoms with Crippen LogP contribution >= 0.6 is 0 Å². The number of fused-ring (bicyclic) bond motifs is 1. The number of carbonyl (C=O) groups is 1. The van der Waals surface area contributed by atoms with Crippen LogP contribution in [0, 0.1) is 0 Å². The van der Waals surface area contributed by atoms with E-state index in [0.717, 1.165) is 35.7 Å². The van der Waals surface area contributed by atoms with Gasteiger partial charge in [-0.25, -0.2) is 0 Å². The van der Waals surface area contributed by atoms with E-state index in [4.69, 9.17) is 5.73 Å². The molecule has 27 heavy (non-hydrogen) atoms. The van der Waals surface area contributed by atoms with Crippen LogP contribution in [0.25, 0.3) is 10.9 Å². The third kappa shape index (κ3) is 3.86. The average Bonchev–Trinajstić information content (AvgIpc) is 2.68. The minimum Gasteiger partial charge on any atom is -0.313 e. The Balaban J connectivity index is 1.96. The zero-order valence-corrected chi connectivity index (χ0v) is 16.0. The van der Waals surface area contributed by atoms with Crippen molar-refractivity contribution >= 4 is 16.7 Å². The molecular formula is C23H26N2O2. The fourth-order valence-electron chi connectivity index (χ4n) is 3.69. The number of para-hydroxylation sites is 1. The summed E-state index contributed by atoms with van der Waals surface area (Å²) in [6, 6.07) is 16.3. The third-order valence-electron chi connectivity index (χ3n) is 5.14. The number of hydrogen-bond donors (Lipinski definition) is 1. The summed E-state index contributed by atoms with van der Waals surface area (Å²) in [5.74, 6) is -0.199. The van der Waals surface area contributed by atoms with Gasteiger partial charge in [0.2, 0.25) is 0 Å². The van der Waals surface area contributed by atoms with Crippen molar-refractivity contribution in [2.45, 2.75) is 46.2 Å². The fraction of sp³-hybridized carbons (Fsp3) is 0.304. The Morgan fingerprint density at radius 2 is 1.67 bits per heavy atom. The smallest absolute Gasteiger partial charge is 0.263 e. The molecule has 2 aromatic carbocycles. The lowest BCUT2D eigenvalue weighted by Crippen LogP contribution is -2.30. The molecule has 0 aliphatic rings. The van der Waals surface area contributed by atoms with Gasteiger partial charge in [-0.05, 0) is 55.4 Å². The normalized spacial score (nSPS) is 11.1. The molecule has 0 aliphatic carbocycles. The quantitative estimate of drug-likeness (QED) is 0.649. The van der Waals surface area contributed by atoms with Gasteiger partial charge in [-0.15, -0.1) is 0 Å². The highest BCUT2D eigenvalue weighted by atomic mass is 16.1. The van der Waals surface area contributed by atoms with Crippen molar-refractivity contribution in [3.8, 4) is 0 Å². The second-order valence-electron chi connectivity index (χ2n) is 6.87. The molecule has 0 fully saturated rings. The van der Waals surface area contributed by atoms with E-state index in [1.165, 1.54) is 22.6 Å². The van der Waals surface area contributed by atoms with Crippen LogP contribution in [0.4, 0.5) is 0 Å². The summed E-state index contributed by atoms with van der Waals surface area (Å²) in [6.45, 7) is 3.66. The molecule has 0 radical (unpaired) electrons.